The molecule has 4 nitrogen and oxygen atoms in total. The van der Waals surface area contributed by atoms with Gasteiger partial charge in [0.25, 0.3) is 0 Å². The molecule has 0 spiro atoms. The van der Waals surface area contributed by atoms with E-state index in [1.54, 1.807) is 0 Å². The quantitative estimate of drug-likeness (QED) is 0.846. The van der Waals surface area contributed by atoms with Gasteiger partial charge in [-0.15, -0.1) is 0 Å². The van der Waals surface area contributed by atoms with Crippen LogP contribution < -0.4 is 10.2 Å². The second-order valence-electron chi connectivity index (χ2n) is 5.80. The molecule has 2 atom stereocenters. The molecule has 2 rings (SSSR count). The highest BCUT2D eigenvalue weighted by atomic mass is 16.5. The standard InChI is InChI=1S/C17H25N3O/c1-4-7-19-10-15-5-6-17(16(8-15)9-18)20-11-13(2)21-14(3)12-20/h5-6,8,13-14,19H,4,7,10-12H2,1-3H3/t13-,14+. The number of rotatable bonds is 5. The number of hydrogen-bond donors (Lipinski definition) is 1. The van der Waals surface area contributed by atoms with Gasteiger partial charge in [0.15, 0.2) is 0 Å². The summed E-state index contributed by atoms with van der Waals surface area (Å²) in [5, 5.41) is 12.8. The van der Waals surface area contributed by atoms with Crippen LogP contribution in [0.15, 0.2) is 18.2 Å². The van der Waals surface area contributed by atoms with E-state index in [9.17, 15) is 5.26 Å². The molecule has 1 aliphatic rings. The highest BCUT2D eigenvalue weighted by Gasteiger charge is 2.24. The predicted octanol–water partition coefficient (Wildman–Crippen LogP) is 2.67. The summed E-state index contributed by atoms with van der Waals surface area (Å²) in [4.78, 5) is 2.26. The van der Waals surface area contributed by atoms with Gasteiger partial charge in [0, 0.05) is 19.6 Å². The van der Waals surface area contributed by atoms with Crippen molar-refractivity contribution < 1.29 is 4.74 Å². The topological polar surface area (TPSA) is 48.3 Å². The number of nitrogens with zero attached hydrogens (tertiary/aromatic N) is 2. The summed E-state index contributed by atoms with van der Waals surface area (Å²) in [5.41, 5.74) is 2.95. The summed E-state index contributed by atoms with van der Waals surface area (Å²) < 4.78 is 5.77. The minimum absolute atomic E-state index is 0.200. The van der Waals surface area contributed by atoms with Crippen LogP contribution >= 0.6 is 0 Å². The second kappa shape index (κ2) is 7.44. The smallest absolute Gasteiger partial charge is 0.101 e. The summed E-state index contributed by atoms with van der Waals surface area (Å²) >= 11 is 0. The fourth-order valence-corrected chi connectivity index (χ4v) is 2.84. The molecule has 21 heavy (non-hydrogen) atoms. The lowest BCUT2D eigenvalue weighted by Crippen LogP contribution is -2.45. The van der Waals surface area contributed by atoms with Gasteiger partial charge in [0.05, 0.1) is 23.5 Å². The maximum atomic E-state index is 9.45. The van der Waals surface area contributed by atoms with Gasteiger partial charge in [-0.25, -0.2) is 0 Å². The number of nitriles is 1. The van der Waals surface area contributed by atoms with Crippen LogP contribution in [0.2, 0.25) is 0 Å². The zero-order valence-corrected chi connectivity index (χ0v) is 13.2. The number of anilines is 1. The monoisotopic (exact) mass is 287 g/mol. The summed E-state index contributed by atoms with van der Waals surface area (Å²) in [6.45, 7) is 9.81. The van der Waals surface area contributed by atoms with E-state index in [1.807, 2.05) is 6.07 Å². The van der Waals surface area contributed by atoms with E-state index < -0.39 is 0 Å². The van der Waals surface area contributed by atoms with Gasteiger partial charge in [-0.1, -0.05) is 13.0 Å². The lowest BCUT2D eigenvalue weighted by Gasteiger charge is -2.37. The van der Waals surface area contributed by atoms with Crippen LogP contribution in [0.25, 0.3) is 0 Å². The summed E-state index contributed by atoms with van der Waals surface area (Å²) in [5.74, 6) is 0. The van der Waals surface area contributed by atoms with Crippen molar-refractivity contribution in [3.8, 4) is 6.07 Å². The van der Waals surface area contributed by atoms with E-state index in [-0.39, 0.29) is 12.2 Å². The van der Waals surface area contributed by atoms with E-state index in [0.717, 1.165) is 49.4 Å². The van der Waals surface area contributed by atoms with Gasteiger partial charge >= 0.3 is 0 Å². The van der Waals surface area contributed by atoms with Crippen LogP contribution in [0.4, 0.5) is 5.69 Å². The molecule has 4 heteroatoms. The van der Waals surface area contributed by atoms with E-state index in [4.69, 9.17) is 4.74 Å². The Labute approximate surface area is 127 Å². The first-order chi connectivity index (χ1) is 10.1. The van der Waals surface area contributed by atoms with Crippen molar-refractivity contribution in [1.29, 1.82) is 5.26 Å². The molecule has 1 aromatic carbocycles. The molecule has 0 unspecified atom stereocenters. The third kappa shape index (κ3) is 4.20. The fourth-order valence-electron chi connectivity index (χ4n) is 2.84. The summed E-state index contributed by atoms with van der Waals surface area (Å²) in [6, 6.07) is 8.54. The molecule has 0 bridgehead atoms. The number of nitrogens with one attached hydrogen (secondary N) is 1. The van der Waals surface area contributed by atoms with Crippen LogP contribution in [0, 0.1) is 11.3 Å². The number of benzene rings is 1. The molecule has 0 amide bonds. The second-order valence-corrected chi connectivity index (χ2v) is 5.80. The van der Waals surface area contributed by atoms with Crippen LogP contribution in [0.1, 0.15) is 38.3 Å². The minimum atomic E-state index is 0.200. The lowest BCUT2D eigenvalue weighted by molar-refractivity contribution is -0.00522. The first-order valence-corrected chi connectivity index (χ1v) is 7.78. The van der Waals surface area contributed by atoms with E-state index >= 15 is 0 Å². The van der Waals surface area contributed by atoms with Crippen LogP contribution in [-0.4, -0.2) is 31.8 Å². The SMILES string of the molecule is CCCNCc1ccc(N2C[C@@H](C)O[C@@H](C)C2)c(C#N)c1. The van der Waals surface area contributed by atoms with Crippen LogP contribution in [-0.2, 0) is 11.3 Å². The van der Waals surface area contributed by atoms with E-state index in [1.165, 1.54) is 0 Å². The van der Waals surface area contributed by atoms with Crippen molar-refractivity contribution in [2.75, 3.05) is 24.5 Å². The van der Waals surface area contributed by atoms with Crippen molar-refractivity contribution in [3.63, 3.8) is 0 Å². The van der Waals surface area contributed by atoms with Gasteiger partial charge in [-0.2, -0.15) is 5.26 Å². The Hall–Kier alpha value is -1.57. The predicted molar refractivity (Wildman–Crippen MR) is 85.4 cm³/mol. The third-order valence-corrected chi connectivity index (χ3v) is 3.70. The highest BCUT2D eigenvalue weighted by Crippen LogP contribution is 2.25. The molecule has 1 saturated heterocycles. The maximum Gasteiger partial charge on any atom is 0.101 e. The first-order valence-electron chi connectivity index (χ1n) is 7.78. The Balaban J connectivity index is 2.14. The summed E-state index contributed by atoms with van der Waals surface area (Å²) in [7, 11) is 0. The Kier molecular flexibility index (Phi) is 5.60. The van der Waals surface area contributed by atoms with E-state index in [0.29, 0.717) is 0 Å². The Morgan fingerprint density at radius 2 is 2.05 bits per heavy atom. The number of hydrogen-bond acceptors (Lipinski definition) is 4. The Bertz CT molecular complexity index is 499. The third-order valence-electron chi connectivity index (χ3n) is 3.70. The molecule has 1 fully saturated rings. The largest absolute Gasteiger partial charge is 0.372 e. The highest BCUT2D eigenvalue weighted by molar-refractivity contribution is 5.61. The van der Waals surface area contributed by atoms with Gasteiger partial charge in [0.2, 0.25) is 0 Å². The van der Waals surface area contributed by atoms with E-state index in [2.05, 4.69) is 49.2 Å². The minimum Gasteiger partial charge on any atom is -0.372 e. The molecule has 0 radical (unpaired) electrons. The van der Waals surface area contributed by atoms with Gasteiger partial charge in [0.1, 0.15) is 6.07 Å². The Morgan fingerprint density at radius 1 is 1.33 bits per heavy atom. The molecule has 1 aliphatic heterocycles. The zero-order valence-electron chi connectivity index (χ0n) is 13.2. The fraction of sp³-hybridized carbons (Fsp3) is 0.588. The van der Waals surface area contributed by atoms with Crippen molar-refractivity contribution >= 4 is 5.69 Å². The summed E-state index contributed by atoms with van der Waals surface area (Å²) in [6.07, 6.45) is 1.52. The number of ether oxygens (including phenoxy) is 1. The van der Waals surface area contributed by atoms with Gasteiger partial charge in [-0.05, 0) is 44.5 Å². The van der Waals surface area contributed by atoms with Crippen molar-refractivity contribution in [3.05, 3.63) is 29.3 Å². The van der Waals surface area contributed by atoms with Crippen LogP contribution in [0.3, 0.4) is 0 Å². The molecule has 0 saturated carbocycles. The average Bonchev–Trinajstić information content (AvgIpc) is 2.46. The molecule has 0 aliphatic carbocycles. The van der Waals surface area contributed by atoms with Gasteiger partial charge < -0.3 is 15.0 Å². The molecular formula is C17H25N3O. The average molecular weight is 287 g/mol. The molecular weight excluding hydrogens is 262 g/mol. The first kappa shape index (κ1) is 15.8. The molecule has 1 heterocycles. The maximum absolute atomic E-state index is 9.45. The molecule has 114 valence electrons. The van der Waals surface area contributed by atoms with Crippen molar-refractivity contribution in [2.24, 2.45) is 0 Å². The molecule has 1 N–H and O–H groups in total. The normalized spacial score (nSPS) is 22.1. The number of morpholine rings is 1. The molecule has 1 aromatic rings. The zero-order chi connectivity index (χ0) is 15.2. The lowest BCUT2D eigenvalue weighted by atomic mass is 10.1. The van der Waals surface area contributed by atoms with Crippen molar-refractivity contribution in [2.45, 2.75) is 45.9 Å². The Morgan fingerprint density at radius 3 is 2.67 bits per heavy atom. The van der Waals surface area contributed by atoms with Crippen LogP contribution in [0.5, 0.6) is 0 Å². The van der Waals surface area contributed by atoms with Crippen molar-refractivity contribution in [1.82, 2.24) is 5.32 Å². The van der Waals surface area contributed by atoms with Gasteiger partial charge in [-0.3, -0.25) is 0 Å². The molecule has 0 aromatic heterocycles.